The molecule has 2 aromatic rings. The number of nitrogens with one attached hydrogen (secondary N) is 1. The Balaban J connectivity index is 2.46. The van der Waals surface area contributed by atoms with E-state index in [0.29, 0.717) is 27.4 Å². The fraction of sp³-hybridized carbons (Fsp3) is 0.259. The van der Waals surface area contributed by atoms with Crippen LogP contribution < -0.4 is 17.2 Å². The van der Waals surface area contributed by atoms with Crippen molar-refractivity contribution in [1.29, 1.82) is 0 Å². The van der Waals surface area contributed by atoms with Gasteiger partial charge in [-0.2, -0.15) is 0 Å². The molecule has 0 amide bonds. The number of hydrogen-bond donors (Lipinski definition) is 2. The summed E-state index contributed by atoms with van der Waals surface area (Å²) >= 11 is 11.0. The van der Waals surface area contributed by atoms with Crippen LogP contribution >= 0.6 is 32.4 Å². The van der Waals surface area contributed by atoms with Crippen LogP contribution in [-0.4, -0.2) is 11.8 Å². The Bertz CT molecular complexity index is 1240. The van der Waals surface area contributed by atoms with E-state index in [1.165, 1.54) is 13.1 Å². The van der Waals surface area contributed by atoms with Gasteiger partial charge in [-0.05, 0) is 0 Å². The Morgan fingerprint density at radius 2 is 2.00 bits per heavy atom. The van der Waals surface area contributed by atoms with E-state index in [2.05, 4.69) is 62.9 Å². The molecule has 2 aromatic carbocycles. The number of carbonyl (C=O) groups is 1. The maximum absolute atomic E-state index is 11.2. The van der Waals surface area contributed by atoms with E-state index in [4.69, 9.17) is 33.7 Å². The standard InChI is InChI=1S/C18H25N3P.C9H7Cl2O2.Hg/c1-6-13(14-9-8-10-15(19)17(14)22)16(12(5)11(3)4)18(20)21-7-2;1-6(12)13-5-7-4-8(10)2-3-9(7)11;/h6-11,19H,2,22H2,1,3-5H3,(H2,20,21);2,4H,5H2,1H3;/q-1;;+1/b13-6-,16-12+;;. The Labute approximate surface area is 239 Å². The predicted octanol–water partition coefficient (Wildman–Crippen LogP) is 6.17. The molecule has 0 bridgehead atoms. The summed E-state index contributed by atoms with van der Waals surface area (Å²) in [6, 6.07) is 9.80. The van der Waals surface area contributed by atoms with E-state index in [9.17, 15) is 4.79 Å². The van der Waals surface area contributed by atoms with Crippen LogP contribution in [0.4, 0.5) is 5.69 Å². The van der Waals surface area contributed by atoms with E-state index >= 15 is 0 Å². The molecule has 0 aliphatic carbocycles. The molecule has 0 heterocycles. The van der Waals surface area contributed by atoms with Crippen molar-refractivity contribution in [1.82, 2.24) is 0 Å². The van der Waals surface area contributed by atoms with Crippen LogP contribution in [0.15, 0.2) is 65.3 Å². The summed E-state index contributed by atoms with van der Waals surface area (Å²) in [6.45, 7) is 13.6. The zero-order chi connectivity index (χ0) is 27.0. The second kappa shape index (κ2) is 14.3. The van der Waals surface area contributed by atoms with Gasteiger partial charge in [-0.25, -0.2) is 0 Å². The van der Waals surface area contributed by atoms with Gasteiger partial charge in [0.15, 0.2) is 0 Å². The first-order chi connectivity index (χ1) is 17.0. The summed E-state index contributed by atoms with van der Waals surface area (Å²) in [7, 11) is 2.86. The number of nitrogens with zero attached hydrogens (tertiary/aromatic N) is 1. The maximum atomic E-state index is 11.2. The van der Waals surface area contributed by atoms with Gasteiger partial charge in [0, 0.05) is 0 Å². The van der Waals surface area contributed by atoms with E-state index in [-0.39, 0.29) is 12.6 Å². The van der Waals surface area contributed by atoms with Crippen molar-refractivity contribution in [3.8, 4) is 0 Å². The Hall–Kier alpha value is -1.65. The van der Waals surface area contributed by atoms with Crippen LogP contribution in [0.25, 0.3) is 5.57 Å². The third kappa shape index (κ3) is 7.92. The predicted molar refractivity (Wildman–Crippen MR) is 154 cm³/mol. The average molecular weight is 733 g/mol. The van der Waals surface area contributed by atoms with E-state index < -0.39 is 24.9 Å². The molecule has 1 unspecified atom stereocenters. The van der Waals surface area contributed by atoms with E-state index in [0.717, 1.165) is 36.3 Å². The van der Waals surface area contributed by atoms with Crippen molar-refractivity contribution in [2.45, 2.75) is 41.2 Å². The van der Waals surface area contributed by atoms with Crippen molar-refractivity contribution < 1.29 is 34.4 Å². The number of esters is 1. The molecule has 2 rings (SSSR count). The molecule has 0 spiro atoms. The number of carbonyl (C=O) groups excluding carboxylic acids is 1. The Kier molecular flexibility index (Phi) is 12.2. The molecule has 0 aromatic heterocycles. The van der Waals surface area contributed by atoms with Crippen molar-refractivity contribution in [2.24, 2.45) is 16.6 Å². The SMILES string of the molecule is C=CN=C(N)C(/C(=C\C)c1cccc([NH][Hg][c]2cc(Cl)cc(COC(C)=O)c2Cl)c1P)=C(\C)C(C)C. The Morgan fingerprint density at radius 1 is 1.31 bits per heavy atom. The average Bonchev–Trinajstić information content (AvgIpc) is 2.82. The zero-order valence-electron chi connectivity index (χ0n) is 21.4. The van der Waals surface area contributed by atoms with Gasteiger partial charge in [0.05, 0.1) is 0 Å². The number of rotatable bonds is 10. The third-order valence-electron chi connectivity index (χ3n) is 5.79. The van der Waals surface area contributed by atoms with Gasteiger partial charge < -0.3 is 0 Å². The molecule has 0 aliphatic rings. The summed E-state index contributed by atoms with van der Waals surface area (Å²) in [5.41, 5.74) is 12.3. The van der Waals surface area contributed by atoms with Gasteiger partial charge in [-0.3, -0.25) is 0 Å². The van der Waals surface area contributed by atoms with Gasteiger partial charge >= 0.3 is 241 Å². The fourth-order valence-corrected chi connectivity index (χ4v) is 11.9. The van der Waals surface area contributed by atoms with Crippen LogP contribution in [0.5, 0.6) is 0 Å². The molecule has 9 heteroatoms. The van der Waals surface area contributed by atoms with Crippen LogP contribution in [0.2, 0.25) is 10.0 Å². The summed E-state index contributed by atoms with van der Waals surface area (Å²) in [5, 5.41) is 2.21. The van der Waals surface area contributed by atoms with E-state index in [1.807, 2.05) is 19.1 Å². The summed E-state index contributed by atoms with van der Waals surface area (Å²) in [6.07, 6.45) is 3.54. The second-order valence-corrected chi connectivity index (χ2v) is 15.7. The van der Waals surface area contributed by atoms with Crippen LogP contribution in [0, 0.1) is 5.92 Å². The topological polar surface area (TPSA) is 76.7 Å². The van der Waals surface area contributed by atoms with Crippen molar-refractivity contribution in [3.63, 3.8) is 0 Å². The molecule has 188 valence electrons. The monoisotopic (exact) mass is 733 g/mol. The minimum absolute atomic E-state index is 0.0998. The number of allylic oxidation sites excluding steroid dienone is 2. The molecule has 0 aliphatic heterocycles. The third-order valence-corrected chi connectivity index (χ3v) is 13.8. The molecule has 0 radical (unpaired) electrons. The summed E-state index contributed by atoms with van der Waals surface area (Å²) in [5.74, 6) is 0.378. The fourth-order valence-electron chi connectivity index (χ4n) is 3.70. The minimum atomic E-state index is -1.97. The van der Waals surface area contributed by atoms with Gasteiger partial charge in [0.2, 0.25) is 0 Å². The first-order valence-corrected chi connectivity index (χ1v) is 18.4. The number of amidine groups is 1. The number of nitrogens with two attached hydrogens (primary N) is 1. The molecular formula is C27H32Cl2HgN3O2P. The van der Waals surface area contributed by atoms with Crippen molar-refractivity contribution in [3.05, 3.63) is 81.5 Å². The van der Waals surface area contributed by atoms with Crippen LogP contribution in [0.3, 0.4) is 0 Å². The van der Waals surface area contributed by atoms with Crippen LogP contribution in [0.1, 0.15) is 45.7 Å². The number of ether oxygens (including phenoxy) is 1. The number of benzene rings is 2. The molecular weight excluding hydrogens is 701 g/mol. The number of aliphatic imine (C=N–C) groups is 1. The number of halogens is 2. The molecule has 36 heavy (non-hydrogen) atoms. The molecule has 1 atom stereocenters. The normalized spacial score (nSPS) is 12.7. The quantitative estimate of drug-likeness (QED) is 0.0766. The first-order valence-electron chi connectivity index (χ1n) is 11.6. The van der Waals surface area contributed by atoms with Gasteiger partial charge in [-0.1, -0.05) is 0 Å². The molecule has 5 nitrogen and oxygen atoms in total. The number of hydrogen-bond acceptors (Lipinski definition) is 4. The van der Waals surface area contributed by atoms with E-state index in [1.54, 1.807) is 6.07 Å². The molecule has 3 N–H and O–H groups in total. The molecule has 0 saturated heterocycles. The van der Waals surface area contributed by atoms with Gasteiger partial charge in [0.25, 0.3) is 0 Å². The molecule has 0 fully saturated rings. The van der Waals surface area contributed by atoms with Crippen molar-refractivity contribution >= 4 is 63.9 Å². The Morgan fingerprint density at radius 3 is 2.58 bits per heavy atom. The summed E-state index contributed by atoms with van der Waals surface area (Å²) in [4.78, 5) is 15.5. The van der Waals surface area contributed by atoms with Gasteiger partial charge in [0.1, 0.15) is 0 Å². The van der Waals surface area contributed by atoms with Crippen molar-refractivity contribution in [2.75, 3.05) is 3.08 Å². The van der Waals surface area contributed by atoms with Gasteiger partial charge in [-0.15, -0.1) is 0 Å². The second-order valence-electron chi connectivity index (χ2n) is 8.55. The number of anilines is 1. The molecule has 0 saturated carbocycles. The summed E-state index contributed by atoms with van der Waals surface area (Å²) < 4.78 is 9.84. The van der Waals surface area contributed by atoms with Crippen LogP contribution in [-0.2, 0) is 41.0 Å². The zero-order valence-corrected chi connectivity index (χ0v) is 29.6. The first kappa shape index (κ1) is 30.6.